The molecule has 1 N–H and O–H groups in total. The molecule has 1 aliphatic heterocycles. The first-order valence-electron chi connectivity index (χ1n) is 10.7. The van der Waals surface area contributed by atoms with Gasteiger partial charge in [-0.1, -0.05) is 18.9 Å². The highest BCUT2D eigenvalue weighted by molar-refractivity contribution is 7.89. The maximum absolute atomic E-state index is 12.9. The zero-order valence-corrected chi connectivity index (χ0v) is 18.4. The van der Waals surface area contributed by atoms with Crippen LogP contribution >= 0.6 is 0 Å². The Kier molecular flexibility index (Phi) is 8.43. The van der Waals surface area contributed by atoms with Gasteiger partial charge in [0, 0.05) is 25.2 Å². The van der Waals surface area contributed by atoms with Gasteiger partial charge in [0.25, 0.3) is 5.91 Å². The summed E-state index contributed by atoms with van der Waals surface area (Å²) in [4.78, 5) is 12.6. The van der Waals surface area contributed by atoms with Crippen LogP contribution in [0.5, 0.6) is 5.75 Å². The third-order valence-electron chi connectivity index (χ3n) is 5.24. The van der Waals surface area contributed by atoms with E-state index < -0.39 is 10.0 Å². The van der Waals surface area contributed by atoms with Crippen LogP contribution in [0.1, 0.15) is 48.9 Å². The average molecular weight is 449 g/mol. The lowest BCUT2D eigenvalue weighted by Crippen LogP contribution is -2.32. The van der Waals surface area contributed by atoms with Crippen molar-refractivity contribution in [2.45, 2.75) is 43.4 Å². The van der Waals surface area contributed by atoms with E-state index in [0.717, 1.165) is 32.1 Å². The van der Waals surface area contributed by atoms with E-state index in [1.807, 2.05) is 0 Å². The molecular formula is C23H29FN2O4S. The lowest BCUT2D eigenvalue weighted by molar-refractivity contribution is 0.0952. The van der Waals surface area contributed by atoms with Crippen LogP contribution < -0.4 is 10.1 Å². The van der Waals surface area contributed by atoms with Crippen molar-refractivity contribution in [3.63, 3.8) is 0 Å². The van der Waals surface area contributed by atoms with Crippen molar-refractivity contribution < 1.29 is 22.3 Å². The number of sulfonamides is 1. The van der Waals surface area contributed by atoms with E-state index in [0.29, 0.717) is 44.0 Å². The van der Waals surface area contributed by atoms with E-state index in [4.69, 9.17) is 4.74 Å². The quantitative estimate of drug-likeness (QED) is 0.589. The number of ether oxygens (including phenoxy) is 1. The summed E-state index contributed by atoms with van der Waals surface area (Å²) in [5, 5.41) is 2.82. The molecule has 1 aliphatic rings. The number of halogens is 1. The van der Waals surface area contributed by atoms with Gasteiger partial charge in [0.05, 0.1) is 11.5 Å². The van der Waals surface area contributed by atoms with E-state index in [-0.39, 0.29) is 16.6 Å². The van der Waals surface area contributed by atoms with Gasteiger partial charge in [0.2, 0.25) is 10.0 Å². The van der Waals surface area contributed by atoms with Crippen molar-refractivity contribution in [3.8, 4) is 5.75 Å². The topological polar surface area (TPSA) is 75.7 Å². The maximum Gasteiger partial charge on any atom is 0.251 e. The van der Waals surface area contributed by atoms with Crippen LogP contribution in [0.25, 0.3) is 0 Å². The fraction of sp³-hybridized carbons (Fsp3) is 0.435. The molecule has 0 radical (unpaired) electrons. The molecule has 6 nitrogen and oxygen atoms in total. The number of carbonyl (C=O) groups is 1. The second kappa shape index (κ2) is 11.2. The molecule has 1 fully saturated rings. The average Bonchev–Trinajstić information content (AvgIpc) is 3.07. The molecular weight excluding hydrogens is 419 g/mol. The summed E-state index contributed by atoms with van der Waals surface area (Å²) < 4.78 is 45.8. The molecule has 3 rings (SSSR count). The first-order valence-corrected chi connectivity index (χ1v) is 12.2. The Labute approximate surface area is 183 Å². The predicted octanol–water partition coefficient (Wildman–Crippen LogP) is 3.98. The van der Waals surface area contributed by atoms with Crippen LogP contribution in [0.15, 0.2) is 53.4 Å². The van der Waals surface area contributed by atoms with Crippen molar-refractivity contribution >= 4 is 15.9 Å². The zero-order valence-electron chi connectivity index (χ0n) is 17.6. The normalized spacial score (nSPS) is 15.3. The second-order valence-electron chi connectivity index (χ2n) is 7.61. The molecule has 0 spiro atoms. The third-order valence-corrected chi connectivity index (χ3v) is 7.13. The predicted molar refractivity (Wildman–Crippen MR) is 117 cm³/mol. The van der Waals surface area contributed by atoms with E-state index >= 15 is 0 Å². The molecule has 1 amide bonds. The molecule has 0 aromatic heterocycles. The van der Waals surface area contributed by atoms with Crippen LogP contribution in [-0.2, 0) is 10.0 Å². The Morgan fingerprint density at radius 3 is 2.42 bits per heavy atom. The van der Waals surface area contributed by atoms with Gasteiger partial charge < -0.3 is 10.1 Å². The second-order valence-corrected chi connectivity index (χ2v) is 9.55. The van der Waals surface area contributed by atoms with Crippen molar-refractivity contribution in [2.75, 3.05) is 26.2 Å². The third kappa shape index (κ3) is 6.77. The first-order chi connectivity index (χ1) is 15.0. The Balaban J connectivity index is 1.46. The fourth-order valence-electron chi connectivity index (χ4n) is 3.48. The van der Waals surface area contributed by atoms with Gasteiger partial charge in [-0.25, -0.2) is 12.8 Å². The van der Waals surface area contributed by atoms with E-state index in [9.17, 15) is 17.6 Å². The highest BCUT2D eigenvalue weighted by Gasteiger charge is 2.25. The van der Waals surface area contributed by atoms with Crippen LogP contribution in [0.3, 0.4) is 0 Å². The first kappa shape index (κ1) is 23.2. The molecule has 0 saturated carbocycles. The number of amides is 1. The van der Waals surface area contributed by atoms with Crippen LogP contribution in [-0.4, -0.2) is 44.9 Å². The van der Waals surface area contributed by atoms with Gasteiger partial charge in [-0.2, -0.15) is 4.31 Å². The van der Waals surface area contributed by atoms with Gasteiger partial charge in [-0.05, 0) is 68.1 Å². The van der Waals surface area contributed by atoms with Gasteiger partial charge in [-0.15, -0.1) is 0 Å². The highest BCUT2D eigenvalue weighted by Crippen LogP contribution is 2.21. The Morgan fingerprint density at radius 2 is 1.71 bits per heavy atom. The molecule has 0 atom stereocenters. The molecule has 1 saturated heterocycles. The largest absolute Gasteiger partial charge is 0.494 e. The van der Waals surface area contributed by atoms with Crippen LogP contribution in [0.2, 0.25) is 0 Å². The summed E-state index contributed by atoms with van der Waals surface area (Å²) in [6, 6.07) is 12.1. The summed E-state index contributed by atoms with van der Waals surface area (Å²) in [5.41, 5.74) is 0.332. The number of nitrogens with one attached hydrogen (secondary N) is 1. The summed E-state index contributed by atoms with van der Waals surface area (Å²) in [6.07, 6.45) is 5.25. The minimum atomic E-state index is -3.59. The molecule has 1 heterocycles. The highest BCUT2D eigenvalue weighted by atomic mass is 32.2. The molecule has 0 aliphatic carbocycles. The minimum absolute atomic E-state index is 0.162. The molecule has 31 heavy (non-hydrogen) atoms. The number of carbonyl (C=O) groups excluding carboxylic acids is 1. The smallest absolute Gasteiger partial charge is 0.251 e. The van der Waals surface area contributed by atoms with Crippen LogP contribution in [0.4, 0.5) is 4.39 Å². The van der Waals surface area contributed by atoms with E-state index in [2.05, 4.69) is 5.32 Å². The Bertz CT molecular complexity index is 956. The molecule has 2 aromatic carbocycles. The minimum Gasteiger partial charge on any atom is -0.494 e. The van der Waals surface area contributed by atoms with E-state index in [1.54, 1.807) is 30.3 Å². The lowest BCUT2D eigenvalue weighted by Gasteiger charge is -2.20. The van der Waals surface area contributed by atoms with Crippen molar-refractivity contribution in [2.24, 2.45) is 0 Å². The maximum atomic E-state index is 12.9. The molecule has 2 aromatic rings. The number of hydrogen-bond donors (Lipinski definition) is 1. The molecule has 0 bridgehead atoms. The van der Waals surface area contributed by atoms with E-state index in [1.165, 1.54) is 22.5 Å². The number of nitrogens with zero attached hydrogens (tertiary/aromatic N) is 1. The molecule has 8 heteroatoms. The molecule has 0 unspecified atom stereocenters. The van der Waals surface area contributed by atoms with Gasteiger partial charge in [0.15, 0.2) is 0 Å². The zero-order chi connectivity index (χ0) is 22.1. The Hall–Kier alpha value is -2.45. The number of hydrogen-bond acceptors (Lipinski definition) is 4. The Morgan fingerprint density at radius 1 is 1.00 bits per heavy atom. The summed E-state index contributed by atoms with van der Waals surface area (Å²) in [5.74, 6) is -0.00130. The number of unbranched alkanes of at least 4 members (excludes halogenated alkanes) is 1. The van der Waals surface area contributed by atoms with Crippen molar-refractivity contribution in [1.29, 1.82) is 0 Å². The summed E-state index contributed by atoms with van der Waals surface area (Å²) in [6.45, 7) is 1.97. The van der Waals surface area contributed by atoms with Gasteiger partial charge in [-0.3, -0.25) is 4.79 Å². The number of benzene rings is 2. The van der Waals surface area contributed by atoms with Gasteiger partial charge >= 0.3 is 0 Å². The molecule has 168 valence electrons. The van der Waals surface area contributed by atoms with Crippen LogP contribution in [0, 0.1) is 5.82 Å². The van der Waals surface area contributed by atoms with Crippen molar-refractivity contribution in [3.05, 3.63) is 59.9 Å². The summed E-state index contributed by atoms with van der Waals surface area (Å²) >= 11 is 0. The monoisotopic (exact) mass is 448 g/mol. The number of rotatable bonds is 9. The summed E-state index contributed by atoms with van der Waals surface area (Å²) in [7, 11) is -3.59. The van der Waals surface area contributed by atoms with Crippen molar-refractivity contribution in [1.82, 2.24) is 9.62 Å². The van der Waals surface area contributed by atoms with Gasteiger partial charge in [0.1, 0.15) is 11.6 Å². The SMILES string of the molecule is O=C(NCCCCOc1ccc(F)cc1)c1cccc(S(=O)(=O)N2CCCCCC2)c1. The standard InChI is InChI=1S/C23H29FN2O4S/c24-20-10-12-21(13-11-20)30-17-6-3-14-25-23(27)19-8-7-9-22(18-19)31(28,29)26-15-4-1-2-5-16-26/h7-13,18H,1-6,14-17H2,(H,25,27). The fourth-order valence-corrected chi connectivity index (χ4v) is 5.04. The lowest BCUT2D eigenvalue weighted by atomic mass is 10.2.